The minimum absolute atomic E-state index is 0.0444. The normalized spacial score (nSPS) is 31.0. The van der Waals surface area contributed by atoms with Crippen LogP contribution in [0, 0.1) is 23.6 Å². The van der Waals surface area contributed by atoms with Crippen molar-refractivity contribution in [2.45, 2.75) is 35.8 Å². The number of carbonyl (C=O) groups excluding carboxylic acids is 1. The molecule has 1 amide bonds. The summed E-state index contributed by atoms with van der Waals surface area (Å²) in [7, 11) is -2.95. The molecular weight excluding hydrogens is 349 g/mol. The third-order valence-electron chi connectivity index (χ3n) is 5.32. The number of anilines is 1. The molecule has 1 aliphatic heterocycles. The lowest BCUT2D eigenvalue weighted by atomic mass is 10.2. The van der Waals surface area contributed by atoms with Crippen LogP contribution in [-0.2, 0) is 14.6 Å². The Balaban J connectivity index is 1.37. The molecular formula is C17H20FNO3S2. The Bertz CT molecular complexity index is 756. The summed E-state index contributed by atoms with van der Waals surface area (Å²) in [5.74, 6) is -0.584. The van der Waals surface area contributed by atoms with Crippen LogP contribution in [0.5, 0.6) is 0 Å². The number of rotatable bonds is 4. The molecule has 3 aliphatic rings. The molecule has 0 radical (unpaired) electrons. The van der Waals surface area contributed by atoms with Gasteiger partial charge in [-0.3, -0.25) is 4.79 Å². The van der Waals surface area contributed by atoms with E-state index in [2.05, 4.69) is 5.32 Å². The number of hydrogen-bond acceptors (Lipinski definition) is 4. The third-order valence-corrected chi connectivity index (χ3v) is 8.50. The number of nitrogens with one attached hydrogen (secondary N) is 1. The molecule has 0 bridgehead atoms. The van der Waals surface area contributed by atoms with Gasteiger partial charge in [0.2, 0.25) is 5.91 Å². The fourth-order valence-electron chi connectivity index (χ4n) is 4.03. The maximum absolute atomic E-state index is 14.3. The number of sulfone groups is 1. The average Bonchev–Trinajstić information content (AvgIpc) is 2.88. The topological polar surface area (TPSA) is 63.2 Å². The van der Waals surface area contributed by atoms with Crippen LogP contribution in [0.2, 0.25) is 0 Å². The van der Waals surface area contributed by atoms with Crippen LogP contribution in [0.25, 0.3) is 0 Å². The highest BCUT2D eigenvalue weighted by molar-refractivity contribution is 8.00. The van der Waals surface area contributed by atoms with Crippen LogP contribution in [-0.4, -0.2) is 31.1 Å². The highest BCUT2D eigenvalue weighted by Crippen LogP contribution is 2.53. The number of fused-ring (bicyclic) bond motifs is 1. The van der Waals surface area contributed by atoms with Gasteiger partial charge in [-0.15, -0.1) is 11.8 Å². The lowest BCUT2D eigenvalue weighted by molar-refractivity contribution is -0.117. The molecule has 1 N–H and O–H groups in total. The second kappa shape index (κ2) is 6.02. The van der Waals surface area contributed by atoms with Crippen LogP contribution in [0.15, 0.2) is 23.1 Å². The molecule has 1 aromatic carbocycles. The van der Waals surface area contributed by atoms with Gasteiger partial charge >= 0.3 is 0 Å². The molecule has 1 saturated heterocycles. The first-order chi connectivity index (χ1) is 11.4. The van der Waals surface area contributed by atoms with E-state index in [-0.39, 0.29) is 41.0 Å². The zero-order chi connectivity index (χ0) is 16.9. The first-order valence-corrected chi connectivity index (χ1v) is 11.1. The van der Waals surface area contributed by atoms with Crippen molar-refractivity contribution in [3.63, 3.8) is 0 Å². The Morgan fingerprint density at radius 2 is 1.83 bits per heavy atom. The number of amides is 1. The van der Waals surface area contributed by atoms with Crippen LogP contribution >= 0.6 is 11.8 Å². The Hall–Kier alpha value is -1.08. The van der Waals surface area contributed by atoms with E-state index in [0.29, 0.717) is 15.8 Å². The van der Waals surface area contributed by atoms with E-state index in [0.717, 1.165) is 12.8 Å². The standard InChI is InChI=1S/C17H20FNO3S2/c18-14-7-10(5-6-15(14)23-11-3-1-2-4-11)19-17(20)16-12-8-24(21,22)9-13(12)16/h5-7,11-13,16H,1-4,8-9H2,(H,19,20). The first-order valence-electron chi connectivity index (χ1n) is 8.40. The van der Waals surface area contributed by atoms with Gasteiger partial charge in [0.25, 0.3) is 0 Å². The van der Waals surface area contributed by atoms with Crippen LogP contribution in [0.4, 0.5) is 10.1 Å². The van der Waals surface area contributed by atoms with Crippen molar-refractivity contribution in [1.29, 1.82) is 0 Å². The van der Waals surface area contributed by atoms with E-state index < -0.39 is 9.84 Å². The Morgan fingerprint density at radius 3 is 2.46 bits per heavy atom. The van der Waals surface area contributed by atoms with E-state index >= 15 is 0 Å². The first kappa shape index (κ1) is 16.4. The molecule has 1 heterocycles. The molecule has 0 aromatic heterocycles. The maximum Gasteiger partial charge on any atom is 0.228 e. The monoisotopic (exact) mass is 369 g/mol. The average molecular weight is 369 g/mol. The summed E-state index contributed by atoms with van der Waals surface area (Å²) in [6, 6.07) is 4.82. The smallest absolute Gasteiger partial charge is 0.228 e. The highest BCUT2D eigenvalue weighted by Gasteiger charge is 2.61. The number of carbonyl (C=O) groups is 1. The molecule has 2 atom stereocenters. The fraction of sp³-hybridized carbons (Fsp3) is 0.588. The second-order valence-electron chi connectivity index (χ2n) is 7.09. The van der Waals surface area contributed by atoms with Crippen molar-refractivity contribution in [2.75, 3.05) is 16.8 Å². The molecule has 130 valence electrons. The van der Waals surface area contributed by atoms with Gasteiger partial charge in [0.05, 0.1) is 11.5 Å². The van der Waals surface area contributed by atoms with Crippen molar-refractivity contribution in [3.8, 4) is 0 Å². The molecule has 3 fully saturated rings. The molecule has 7 heteroatoms. The summed E-state index contributed by atoms with van der Waals surface area (Å²) in [6.07, 6.45) is 4.70. The Kier molecular flexibility index (Phi) is 4.11. The summed E-state index contributed by atoms with van der Waals surface area (Å²) >= 11 is 1.58. The predicted octanol–water partition coefficient (Wildman–Crippen LogP) is 3.09. The SMILES string of the molecule is O=C(Nc1ccc(SC2CCCC2)c(F)c1)C1C2CS(=O)(=O)CC21. The maximum atomic E-state index is 14.3. The van der Waals surface area contributed by atoms with Gasteiger partial charge in [-0.1, -0.05) is 12.8 Å². The van der Waals surface area contributed by atoms with E-state index in [1.54, 1.807) is 23.9 Å². The van der Waals surface area contributed by atoms with Gasteiger partial charge in [-0.05, 0) is 42.9 Å². The van der Waals surface area contributed by atoms with E-state index in [9.17, 15) is 17.6 Å². The quantitative estimate of drug-likeness (QED) is 0.886. The minimum Gasteiger partial charge on any atom is -0.326 e. The zero-order valence-electron chi connectivity index (χ0n) is 13.2. The second-order valence-corrected chi connectivity index (χ2v) is 10.6. The Morgan fingerprint density at radius 1 is 1.17 bits per heavy atom. The number of thioether (sulfide) groups is 1. The Labute approximate surface area is 145 Å². The van der Waals surface area contributed by atoms with Crippen molar-refractivity contribution < 1.29 is 17.6 Å². The van der Waals surface area contributed by atoms with Crippen molar-refractivity contribution in [2.24, 2.45) is 17.8 Å². The molecule has 0 spiro atoms. The van der Waals surface area contributed by atoms with Crippen LogP contribution < -0.4 is 5.32 Å². The summed E-state index contributed by atoms with van der Waals surface area (Å²) in [6.45, 7) is 0. The molecule has 24 heavy (non-hydrogen) atoms. The molecule has 1 aromatic rings. The molecule has 2 unspecified atom stereocenters. The predicted molar refractivity (Wildman–Crippen MR) is 92.3 cm³/mol. The van der Waals surface area contributed by atoms with Crippen LogP contribution in [0.1, 0.15) is 25.7 Å². The van der Waals surface area contributed by atoms with E-state index in [1.165, 1.54) is 18.9 Å². The minimum atomic E-state index is -2.95. The lowest BCUT2D eigenvalue weighted by Gasteiger charge is -2.11. The molecule has 2 saturated carbocycles. The van der Waals surface area contributed by atoms with Crippen LogP contribution in [0.3, 0.4) is 0 Å². The fourth-order valence-corrected chi connectivity index (χ4v) is 7.49. The third kappa shape index (κ3) is 3.20. The van der Waals surface area contributed by atoms with Gasteiger partial charge in [0.15, 0.2) is 9.84 Å². The van der Waals surface area contributed by atoms with Gasteiger partial charge < -0.3 is 5.32 Å². The van der Waals surface area contributed by atoms with Gasteiger partial charge in [-0.25, -0.2) is 12.8 Å². The zero-order valence-corrected chi connectivity index (χ0v) is 14.8. The van der Waals surface area contributed by atoms with Gasteiger partial charge in [0.1, 0.15) is 5.82 Å². The molecule has 4 rings (SSSR count). The number of hydrogen-bond donors (Lipinski definition) is 1. The molecule has 4 nitrogen and oxygen atoms in total. The van der Waals surface area contributed by atoms with Gasteiger partial charge in [-0.2, -0.15) is 0 Å². The van der Waals surface area contributed by atoms with Crippen molar-refractivity contribution >= 4 is 33.2 Å². The van der Waals surface area contributed by atoms with Crippen molar-refractivity contribution in [1.82, 2.24) is 0 Å². The number of halogens is 1. The van der Waals surface area contributed by atoms with Crippen molar-refractivity contribution in [3.05, 3.63) is 24.0 Å². The van der Waals surface area contributed by atoms with E-state index in [4.69, 9.17) is 0 Å². The highest BCUT2D eigenvalue weighted by atomic mass is 32.2. The van der Waals surface area contributed by atoms with E-state index in [1.807, 2.05) is 0 Å². The summed E-state index contributed by atoms with van der Waals surface area (Å²) < 4.78 is 37.1. The lowest BCUT2D eigenvalue weighted by Crippen LogP contribution is -2.21. The molecule has 2 aliphatic carbocycles. The summed E-state index contributed by atoms with van der Waals surface area (Å²) in [4.78, 5) is 12.9. The summed E-state index contributed by atoms with van der Waals surface area (Å²) in [5.41, 5.74) is 0.445. The number of benzene rings is 1. The summed E-state index contributed by atoms with van der Waals surface area (Å²) in [5, 5.41) is 3.23. The van der Waals surface area contributed by atoms with Gasteiger partial charge in [0, 0.05) is 21.8 Å². The largest absolute Gasteiger partial charge is 0.326 e.